The van der Waals surface area contributed by atoms with E-state index in [0.717, 1.165) is 6.42 Å². The monoisotopic (exact) mass is 106 g/mol. The number of rotatable bonds is 0. The highest BCUT2D eigenvalue weighted by atomic mass is 14.8. The van der Waals surface area contributed by atoms with E-state index in [1.165, 1.54) is 0 Å². The van der Waals surface area contributed by atoms with Crippen LogP contribution in [0.15, 0.2) is 0 Å². The van der Waals surface area contributed by atoms with Crippen LogP contribution in [0.5, 0.6) is 0 Å². The van der Waals surface area contributed by atoms with E-state index in [9.17, 15) is 0 Å². The molecule has 1 heteroatoms. The molecule has 0 N–H and O–H groups in total. The SMILES string of the molecule is CCC#CC#C[N]C. The maximum Gasteiger partial charge on any atom is 0.0427 e. The smallest absolute Gasteiger partial charge is 0.0427 e. The van der Waals surface area contributed by atoms with Crippen LogP contribution in [0.4, 0.5) is 0 Å². The van der Waals surface area contributed by atoms with Crippen molar-refractivity contribution in [3.8, 4) is 23.8 Å². The first kappa shape index (κ1) is 6.92. The molecule has 0 saturated heterocycles. The van der Waals surface area contributed by atoms with Crippen molar-refractivity contribution in [2.75, 3.05) is 7.05 Å². The summed E-state index contributed by atoms with van der Waals surface area (Å²) in [6.07, 6.45) is 0.860. The summed E-state index contributed by atoms with van der Waals surface area (Å²) in [5.74, 6) is 7.99. The zero-order chi connectivity index (χ0) is 6.24. The Labute approximate surface area is 50.5 Å². The molecule has 0 aliphatic rings. The average molecular weight is 106 g/mol. The molecule has 0 unspecified atom stereocenters. The second-order valence-corrected chi connectivity index (χ2v) is 1.12. The topological polar surface area (TPSA) is 14.1 Å². The van der Waals surface area contributed by atoms with Crippen molar-refractivity contribution in [3.63, 3.8) is 0 Å². The summed E-state index contributed by atoms with van der Waals surface area (Å²) in [6.45, 7) is 1.98. The molecule has 0 atom stereocenters. The highest BCUT2D eigenvalue weighted by Crippen LogP contribution is 1.63. The third-order valence-corrected chi connectivity index (χ3v) is 0.495. The summed E-state index contributed by atoms with van der Waals surface area (Å²) >= 11 is 0. The van der Waals surface area contributed by atoms with E-state index in [1.807, 2.05) is 6.92 Å². The highest BCUT2D eigenvalue weighted by Gasteiger charge is 1.56. The fourth-order valence-corrected chi connectivity index (χ4v) is 0.216. The molecule has 41 valence electrons. The molecular weight excluding hydrogens is 98.1 g/mol. The Morgan fingerprint density at radius 1 is 1.38 bits per heavy atom. The average Bonchev–Trinajstić information content (AvgIpc) is 1.81. The van der Waals surface area contributed by atoms with Gasteiger partial charge in [0.2, 0.25) is 0 Å². The Bertz CT molecular complexity index is 129. The summed E-state index contributed by atoms with van der Waals surface area (Å²) in [6, 6.07) is 2.48. The molecule has 0 aromatic heterocycles. The fraction of sp³-hybridized carbons (Fsp3) is 0.429. The van der Waals surface area contributed by atoms with Crippen molar-refractivity contribution in [2.24, 2.45) is 0 Å². The van der Waals surface area contributed by atoms with Crippen molar-refractivity contribution in [3.05, 3.63) is 0 Å². The Kier molecular flexibility index (Phi) is 5.12. The predicted molar refractivity (Wildman–Crippen MR) is 33.9 cm³/mol. The van der Waals surface area contributed by atoms with Gasteiger partial charge in [0, 0.05) is 25.4 Å². The molecule has 0 aliphatic heterocycles. The highest BCUT2D eigenvalue weighted by molar-refractivity contribution is 5.24. The Balaban J connectivity index is 3.40. The normalized spacial score (nSPS) is 5.25. The summed E-state index contributed by atoms with van der Waals surface area (Å²) in [5, 5.41) is 3.54. The lowest BCUT2D eigenvalue weighted by molar-refractivity contribution is 1.13. The van der Waals surface area contributed by atoms with Gasteiger partial charge in [0.25, 0.3) is 0 Å². The van der Waals surface area contributed by atoms with Gasteiger partial charge < -0.3 is 0 Å². The van der Waals surface area contributed by atoms with Gasteiger partial charge in [-0.15, -0.1) is 0 Å². The largest absolute Gasteiger partial charge is 0.238 e. The summed E-state index contributed by atoms with van der Waals surface area (Å²) in [5.41, 5.74) is 0. The second-order valence-electron chi connectivity index (χ2n) is 1.12. The molecule has 1 radical (unpaired) electrons. The number of hydrogen-bond acceptors (Lipinski definition) is 0. The minimum absolute atomic E-state index is 0.860. The first-order chi connectivity index (χ1) is 3.91. The first-order valence-electron chi connectivity index (χ1n) is 2.48. The van der Waals surface area contributed by atoms with Crippen molar-refractivity contribution >= 4 is 0 Å². The Morgan fingerprint density at radius 3 is 2.62 bits per heavy atom. The van der Waals surface area contributed by atoms with Crippen molar-refractivity contribution < 1.29 is 0 Å². The lowest BCUT2D eigenvalue weighted by Crippen LogP contribution is -1.78. The molecule has 0 rings (SSSR count). The van der Waals surface area contributed by atoms with E-state index in [1.54, 1.807) is 7.05 Å². The van der Waals surface area contributed by atoms with Crippen LogP contribution in [0, 0.1) is 23.8 Å². The van der Waals surface area contributed by atoms with E-state index < -0.39 is 0 Å². The van der Waals surface area contributed by atoms with Gasteiger partial charge in [0.1, 0.15) is 0 Å². The van der Waals surface area contributed by atoms with Crippen LogP contribution >= 0.6 is 0 Å². The summed E-state index contributed by atoms with van der Waals surface area (Å²) in [4.78, 5) is 0. The molecular formula is C7H8N. The van der Waals surface area contributed by atoms with Crippen molar-refractivity contribution in [1.82, 2.24) is 5.32 Å². The van der Waals surface area contributed by atoms with E-state index in [2.05, 4.69) is 29.1 Å². The molecule has 0 amide bonds. The minimum Gasteiger partial charge on any atom is -0.238 e. The van der Waals surface area contributed by atoms with E-state index in [-0.39, 0.29) is 0 Å². The quantitative estimate of drug-likeness (QED) is 0.401. The maximum atomic E-state index is 3.54. The summed E-state index contributed by atoms with van der Waals surface area (Å²) in [7, 11) is 1.64. The lowest BCUT2D eigenvalue weighted by Gasteiger charge is -1.65. The van der Waals surface area contributed by atoms with Crippen LogP contribution in [0.2, 0.25) is 0 Å². The fourth-order valence-electron chi connectivity index (χ4n) is 0.216. The van der Waals surface area contributed by atoms with E-state index in [4.69, 9.17) is 0 Å². The van der Waals surface area contributed by atoms with Gasteiger partial charge >= 0.3 is 0 Å². The molecule has 0 spiro atoms. The van der Waals surface area contributed by atoms with Gasteiger partial charge in [0.15, 0.2) is 0 Å². The second kappa shape index (κ2) is 5.92. The van der Waals surface area contributed by atoms with Crippen LogP contribution in [-0.2, 0) is 0 Å². The minimum atomic E-state index is 0.860. The zero-order valence-electron chi connectivity index (χ0n) is 5.15. The van der Waals surface area contributed by atoms with Crippen molar-refractivity contribution in [2.45, 2.75) is 13.3 Å². The van der Waals surface area contributed by atoms with E-state index in [0.29, 0.717) is 0 Å². The van der Waals surface area contributed by atoms with E-state index >= 15 is 0 Å². The van der Waals surface area contributed by atoms with Crippen molar-refractivity contribution in [1.29, 1.82) is 0 Å². The number of hydrogen-bond donors (Lipinski definition) is 0. The van der Waals surface area contributed by atoms with Gasteiger partial charge in [-0.2, -0.15) is 0 Å². The Hall–Kier alpha value is -1.08. The van der Waals surface area contributed by atoms with Gasteiger partial charge in [-0.05, 0) is 5.92 Å². The Morgan fingerprint density at radius 2 is 2.12 bits per heavy atom. The van der Waals surface area contributed by atoms with Gasteiger partial charge in [-0.3, -0.25) is 0 Å². The zero-order valence-corrected chi connectivity index (χ0v) is 5.15. The molecule has 0 aromatic carbocycles. The molecule has 0 heterocycles. The third-order valence-electron chi connectivity index (χ3n) is 0.495. The molecule has 0 fully saturated rings. The molecule has 0 saturated carbocycles. The van der Waals surface area contributed by atoms with Gasteiger partial charge in [-0.1, -0.05) is 12.8 Å². The van der Waals surface area contributed by atoms with Crippen LogP contribution < -0.4 is 5.32 Å². The third kappa shape index (κ3) is 4.92. The lowest BCUT2D eigenvalue weighted by atomic mass is 10.5. The molecule has 0 aromatic rings. The molecule has 8 heavy (non-hydrogen) atoms. The van der Waals surface area contributed by atoms with Crippen LogP contribution in [0.3, 0.4) is 0 Å². The van der Waals surface area contributed by atoms with Gasteiger partial charge in [-0.25, -0.2) is 5.32 Å². The van der Waals surface area contributed by atoms with Crippen LogP contribution in [0.25, 0.3) is 0 Å². The molecule has 0 bridgehead atoms. The number of nitrogens with zero attached hydrogens (tertiary/aromatic N) is 1. The van der Waals surface area contributed by atoms with Gasteiger partial charge in [0.05, 0.1) is 0 Å². The summed E-state index contributed by atoms with van der Waals surface area (Å²) < 4.78 is 0. The molecule has 1 nitrogen and oxygen atoms in total. The van der Waals surface area contributed by atoms with Crippen LogP contribution in [-0.4, -0.2) is 7.05 Å². The standard InChI is InChI=1S/C7H8N/c1-3-4-5-6-7-8-2/h3H2,1-2H3. The van der Waals surface area contributed by atoms with Crippen LogP contribution in [0.1, 0.15) is 13.3 Å². The predicted octanol–water partition coefficient (Wildman–Crippen LogP) is 0.595. The maximum absolute atomic E-state index is 3.54. The molecule has 0 aliphatic carbocycles. The first-order valence-corrected chi connectivity index (χ1v) is 2.48.